The number of anilines is 2. The van der Waals surface area contributed by atoms with E-state index in [0.717, 1.165) is 24.8 Å². The Balaban J connectivity index is 1.70. The Bertz CT molecular complexity index is 665. The molecule has 0 bridgehead atoms. The second-order valence-corrected chi connectivity index (χ2v) is 5.77. The van der Waals surface area contributed by atoms with Crippen LogP contribution in [-0.4, -0.2) is 20.9 Å². The van der Waals surface area contributed by atoms with Crippen LogP contribution in [0, 0.1) is 0 Å². The number of nitrogens with two attached hydrogens (primary N) is 2. The Morgan fingerprint density at radius 3 is 2.67 bits per heavy atom. The number of ether oxygens (including phenoxy) is 1. The summed E-state index contributed by atoms with van der Waals surface area (Å²) in [7, 11) is 0. The summed E-state index contributed by atoms with van der Waals surface area (Å²) in [6.07, 6.45) is 4.29. The first-order chi connectivity index (χ1) is 10.1. The number of esters is 1. The Kier molecular flexibility index (Phi) is 3.70. The highest BCUT2D eigenvalue weighted by atomic mass is 32.1. The SMILES string of the molecule is Nc1nc(N)nc(COC(=O)c2csc3c2CCCC3)n1. The van der Waals surface area contributed by atoms with Gasteiger partial charge in [0.15, 0.2) is 12.4 Å². The van der Waals surface area contributed by atoms with E-state index in [1.165, 1.54) is 11.3 Å². The van der Waals surface area contributed by atoms with Crippen molar-refractivity contribution >= 4 is 29.2 Å². The van der Waals surface area contributed by atoms with Crippen molar-refractivity contribution in [1.82, 2.24) is 15.0 Å². The van der Waals surface area contributed by atoms with Gasteiger partial charge in [-0.25, -0.2) is 4.79 Å². The molecule has 0 atom stereocenters. The van der Waals surface area contributed by atoms with Crippen molar-refractivity contribution in [3.8, 4) is 0 Å². The molecule has 0 aromatic carbocycles. The Morgan fingerprint density at radius 1 is 1.19 bits per heavy atom. The maximum Gasteiger partial charge on any atom is 0.339 e. The molecule has 0 unspecified atom stereocenters. The fraction of sp³-hybridized carbons (Fsp3) is 0.385. The molecule has 1 aliphatic rings. The lowest BCUT2D eigenvalue weighted by Crippen LogP contribution is -2.12. The molecule has 7 nitrogen and oxygen atoms in total. The number of aromatic nitrogens is 3. The number of aryl methyl sites for hydroxylation is 1. The fourth-order valence-corrected chi connectivity index (χ4v) is 3.51. The molecular formula is C13H15N5O2S. The molecular weight excluding hydrogens is 290 g/mol. The lowest BCUT2D eigenvalue weighted by molar-refractivity contribution is 0.0461. The largest absolute Gasteiger partial charge is 0.454 e. The molecule has 8 heteroatoms. The van der Waals surface area contributed by atoms with Crippen LogP contribution in [-0.2, 0) is 24.2 Å². The zero-order valence-electron chi connectivity index (χ0n) is 11.3. The molecule has 2 heterocycles. The number of hydrogen-bond acceptors (Lipinski definition) is 8. The van der Waals surface area contributed by atoms with E-state index >= 15 is 0 Å². The average Bonchev–Trinajstić information content (AvgIpc) is 2.88. The summed E-state index contributed by atoms with van der Waals surface area (Å²) in [5.74, 6) is -0.0766. The summed E-state index contributed by atoms with van der Waals surface area (Å²) in [5, 5.41) is 1.87. The second kappa shape index (κ2) is 5.65. The Morgan fingerprint density at radius 2 is 1.90 bits per heavy atom. The molecule has 21 heavy (non-hydrogen) atoms. The van der Waals surface area contributed by atoms with E-state index in [0.29, 0.717) is 5.56 Å². The van der Waals surface area contributed by atoms with Gasteiger partial charge in [0.2, 0.25) is 11.9 Å². The normalized spacial score (nSPS) is 13.7. The zero-order chi connectivity index (χ0) is 14.8. The number of carbonyl (C=O) groups is 1. The van der Waals surface area contributed by atoms with Crippen LogP contribution >= 0.6 is 11.3 Å². The Hall–Kier alpha value is -2.22. The molecule has 0 spiro atoms. The average molecular weight is 305 g/mol. The highest BCUT2D eigenvalue weighted by Crippen LogP contribution is 2.30. The third kappa shape index (κ3) is 2.94. The highest BCUT2D eigenvalue weighted by molar-refractivity contribution is 7.10. The van der Waals surface area contributed by atoms with Crippen molar-refractivity contribution in [2.75, 3.05) is 11.5 Å². The number of nitrogens with zero attached hydrogens (tertiary/aromatic N) is 3. The van der Waals surface area contributed by atoms with Gasteiger partial charge >= 0.3 is 5.97 Å². The molecule has 0 fully saturated rings. The van der Waals surface area contributed by atoms with Crippen molar-refractivity contribution in [3.63, 3.8) is 0 Å². The van der Waals surface area contributed by atoms with Crippen LogP contribution in [0.15, 0.2) is 5.38 Å². The van der Waals surface area contributed by atoms with E-state index in [4.69, 9.17) is 16.2 Å². The van der Waals surface area contributed by atoms with E-state index in [2.05, 4.69) is 15.0 Å². The topological polar surface area (TPSA) is 117 Å². The van der Waals surface area contributed by atoms with Crippen LogP contribution in [0.5, 0.6) is 0 Å². The lowest BCUT2D eigenvalue weighted by Gasteiger charge is -2.12. The number of thiophene rings is 1. The quantitative estimate of drug-likeness (QED) is 0.821. The van der Waals surface area contributed by atoms with Gasteiger partial charge in [-0.05, 0) is 31.2 Å². The first kappa shape index (κ1) is 13.7. The summed E-state index contributed by atoms with van der Waals surface area (Å²) in [5.41, 5.74) is 12.7. The van der Waals surface area contributed by atoms with Gasteiger partial charge < -0.3 is 16.2 Å². The van der Waals surface area contributed by atoms with Crippen molar-refractivity contribution in [1.29, 1.82) is 0 Å². The maximum absolute atomic E-state index is 12.2. The number of rotatable bonds is 3. The van der Waals surface area contributed by atoms with Crippen LogP contribution < -0.4 is 11.5 Å². The van der Waals surface area contributed by atoms with Gasteiger partial charge in [0, 0.05) is 10.3 Å². The van der Waals surface area contributed by atoms with Gasteiger partial charge in [0.1, 0.15) is 0 Å². The van der Waals surface area contributed by atoms with Gasteiger partial charge in [-0.1, -0.05) is 0 Å². The first-order valence-corrected chi connectivity index (χ1v) is 7.53. The monoisotopic (exact) mass is 305 g/mol. The Labute approximate surface area is 125 Å². The van der Waals surface area contributed by atoms with Crippen molar-refractivity contribution < 1.29 is 9.53 Å². The molecule has 4 N–H and O–H groups in total. The number of nitrogen functional groups attached to an aromatic ring is 2. The molecule has 1 aliphatic carbocycles. The van der Waals surface area contributed by atoms with Crippen molar-refractivity contribution in [2.45, 2.75) is 32.3 Å². The third-order valence-corrected chi connectivity index (χ3v) is 4.42. The predicted molar refractivity (Wildman–Crippen MR) is 78.7 cm³/mol. The van der Waals surface area contributed by atoms with Gasteiger partial charge in [-0.2, -0.15) is 15.0 Å². The van der Waals surface area contributed by atoms with Gasteiger partial charge in [-0.15, -0.1) is 11.3 Å². The molecule has 0 aliphatic heterocycles. The molecule has 0 amide bonds. The molecule has 110 valence electrons. The third-order valence-electron chi connectivity index (χ3n) is 3.33. The molecule has 2 aromatic heterocycles. The van der Waals surface area contributed by atoms with Gasteiger partial charge in [0.05, 0.1) is 5.56 Å². The van der Waals surface area contributed by atoms with Gasteiger partial charge in [-0.3, -0.25) is 0 Å². The van der Waals surface area contributed by atoms with E-state index in [1.54, 1.807) is 11.3 Å². The number of carbonyl (C=O) groups excluding carboxylic acids is 1. The van der Waals surface area contributed by atoms with Crippen LogP contribution in [0.25, 0.3) is 0 Å². The first-order valence-electron chi connectivity index (χ1n) is 6.66. The summed E-state index contributed by atoms with van der Waals surface area (Å²) in [6.45, 7) is -0.0691. The van der Waals surface area contributed by atoms with Crippen LogP contribution in [0.2, 0.25) is 0 Å². The second-order valence-electron chi connectivity index (χ2n) is 4.80. The lowest BCUT2D eigenvalue weighted by atomic mass is 9.96. The summed E-state index contributed by atoms with van der Waals surface area (Å²) in [4.78, 5) is 24.9. The zero-order valence-corrected chi connectivity index (χ0v) is 12.2. The highest BCUT2D eigenvalue weighted by Gasteiger charge is 2.21. The van der Waals surface area contributed by atoms with E-state index < -0.39 is 0 Å². The summed E-state index contributed by atoms with van der Waals surface area (Å²) in [6, 6.07) is 0. The number of fused-ring (bicyclic) bond motifs is 1. The maximum atomic E-state index is 12.2. The molecule has 0 saturated carbocycles. The fourth-order valence-electron chi connectivity index (χ4n) is 2.39. The van der Waals surface area contributed by atoms with Crippen molar-refractivity contribution in [2.24, 2.45) is 0 Å². The smallest absolute Gasteiger partial charge is 0.339 e. The summed E-state index contributed by atoms with van der Waals surface area (Å²) < 4.78 is 5.25. The molecule has 0 radical (unpaired) electrons. The number of hydrogen-bond donors (Lipinski definition) is 2. The van der Waals surface area contributed by atoms with Crippen LogP contribution in [0.3, 0.4) is 0 Å². The van der Waals surface area contributed by atoms with E-state index in [9.17, 15) is 4.79 Å². The van der Waals surface area contributed by atoms with Crippen molar-refractivity contribution in [3.05, 3.63) is 27.2 Å². The molecule has 3 rings (SSSR count). The van der Waals surface area contributed by atoms with E-state index in [1.807, 2.05) is 5.38 Å². The standard InChI is InChI=1S/C13H15N5O2S/c14-12-16-10(17-13(15)18-12)5-20-11(19)8-6-21-9-4-2-1-3-7(8)9/h6H,1-5H2,(H4,14,15,16,17,18). The molecule has 0 saturated heterocycles. The van der Waals surface area contributed by atoms with E-state index in [-0.39, 0.29) is 30.3 Å². The minimum Gasteiger partial charge on any atom is -0.454 e. The van der Waals surface area contributed by atoms with Crippen LogP contribution in [0.4, 0.5) is 11.9 Å². The van der Waals surface area contributed by atoms with Crippen LogP contribution in [0.1, 0.15) is 39.5 Å². The minimum atomic E-state index is -0.355. The molecule has 2 aromatic rings. The predicted octanol–water partition coefficient (Wildman–Crippen LogP) is 1.33. The van der Waals surface area contributed by atoms with Gasteiger partial charge in [0.25, 0.3) is 0 Å². The summed E-state index contributed by atoms with van der Waals surface area (Å²) >= 11 is 1.62. The minimum absolute atomic E-state index is 0.0152.